The molecule has 2 fully saturated rings. The number of nitrogens with zero attached hydrogens (tertiary/aromatic N) is 1. The van der Waals surface area contributed by atoms with Crippen molar-refractivity contribution in [3.05, 3.63) is 35.9 Å². The highest BCUT2D eigenvalue weighted by Gasteiger charge is 2.39. The number of morpholine rings is 1. The number of rotatable bonds is 3. The minimum atomic E-state index is 0.823. The molecule has 1 aromatic carbocycles. The van der Waals surface area contributed by atoms with Gasteiger partial charge in [0.25, 0.3) is 0 Å². The topological polar surface area (TPSA) is 12.5 Å². The molecule has 0 spiro atoms. The van der Waals surface area contributed by atoms with Crippen LogP contribution in [-0.2, 0) is 4.74 Å². The Kier molecular flexibility index (Phi) is 2.94. The standard InChI is InChI=1S/C14H19NO/c1-2-4-12(5-3-1)14-10-13(14)11-15-6-8-16-9-7-15/h1-5,13-14H,6-11H2/t13-,14-/m0/s1. The molecule has 1 saturated carbocycles. The summed E-state index contributed by atoms with van der Waals surface area (Å²) in [5.41, 5.74) is 1.53. The van der Waals surface area contributed by atoms with Crippen molar-refractivity contribution in [2.45, 2.75) is 12.3 Å². The molecule has 0 N–H and O–H groups in total. The zero-order chi connectivity index (χ0) is 10.8. The van der Waals surface area contributed by atoms with E-state index >= 15 is 0 Å². The van der Waals surface area contributed by atoms with Crippen molar-refractivity contribution in [3.63, 3.8) is 0 Å². The first kappa shape index (κ1) is 10.3. The van der Waals surface area contributed by atoms with Crippen LogP contribution >= 0.6 is 0 Å². The molecular weight excluding hydrogens is 198 g/mol. The van der Waals surface area contributed by atoms with E-state index in [-0.39, 0.29) is 0 Å². The SMILES string of the molecule is c1ccc([C@@H]2C[C@H]2CN2CCOCC2)cc1. The van der Waals surface area contributed by atoms with E-state index in [1.807, 2.05) is 0 Å². The fourth-order valence-electron chi connectivity index (χ4n) is 2.67. The van der Waals surface area contributed by atoms with Crippen LogP contribution in [0.15, 0.2) is 30.3 Å². The molecule has 2 aliphatic rings. The number of ether oxygens (including phenoxy) is 1. The summed E-state index contributed by atoms with van der Waals surface area (Å²) >= 11 is 0. The molecule has 1 aromatic rings. The highest BCUT2D eigenvalue weighted by molar-refractivity contribution is 5.25. The van der Waals surface area contributed by atoms with Crippen molar-refractivity contribution in [1.82, 2.24) is 4.90 Å². The van der Waals surface area contributed by atoms with Gasteiger partial charge < -0.3 is 4.74 Å². The van der Waals surface area contributed by atoms with Crippen LogP contribution in [0.1, 0.15) is 17.9 Å². The molecular formula is C14H19NO. The summed E-state index contributed by atoms with van der Waals surface area (Å²) in [6, 6.07) is 10.9. The van der Waals surface area contributed by atoms with Gasteiger partial charge >= 0.3 is 0 Å². The van der Waals surface area contributed by atoms with E-state index < -0.39 is 0 Å². The Morgan fingerprint density at radius 3 is 2.62 bits per heavy atom. The van der Waals surface area contributed by atoms with E-state index in [0.717, 1.165) is 38.1 Å². The molecule has 86 valence electrons. The first-order chi connectivity index (χ1) is 7.93. The predicted octanol–water partition coefficient (Wildman–Crippen LogP) is 2.12. The first-order valence-electron chi connectivity index (χ1n) is 6.28. The van der Waals surface area contributed by atoms with Crippen molar-refractivity contribution < 1.29 is 4.74 Å². The Hall–Kier alpha value is -0.860. The third-order valence-corrected chi connectivity index (χ3v) is 3.75. The molecule has 2 heteroatoms. The van der Waals surface area contributed by atoms with E-state index in [1.165, 1.54) is 18.5 Å². The molecule has 1 saturated heterocycles. The van der Waals surface area contributed by atoms with Crippen molar-refractivity contribution in [1.29, 1.82) is 0 Å². The minimum absolute atomic E-state index is 0.823. The van der Waals surface area contributed by atoms with E-state index in [1.54, 1.807) is 0 Å². The monoisotopic (exact) mass is 217 g/mol. The molecule has 0 unspecified atom stereocenters. The second kappa shape index (κ2) is 4.56. The van der Waals surface area contributed by atoms with Gasteiger partial charge in [-0.05, 0) is 23.8 Å². The van der Waals surface area contributed by atoms with Gasteiger partial charge in [0, 0.05) is 19.6 Å². The normalized spacial score (nSPS) is 30.2. The lowest BCUT2D eigenvalue weighted by Gasteiger charge is -2.26. The fraction of sp³-hybridized carbons (Fsp3) is 0.571. The van der Waals surface area contributed by atoms with Crippen LogP contribution in [-0.4, -0.2) is 37.7 Å². The van der Waals surface area contributed by atoms with Crippen LogP contribution in [0.4, 0.5) is 0 Å². The summed E-state index contributed by atoms with van der Waals surface area (Å²) in [6.07, 6.45) is 1.38. The molecule has 1 aliphatic heterocycles. The fourth-order valence-corrected chi connectivity index (χ4v) is 2.67. The summed E-state index contributed by atoms with van der Waals surface area (Å²) in [5, 5.41) is 0. The number of benzene rings is 1. The van der Waals surface area contributed by atoms with Crippen LogP contribution in [0, 0.1) is 5.92 Å². The second-order valence-electron chi connectivity index (χ2n) is 4.93. The lowest BCUT2D eigenvalue weighted by atomic mass is 10.1. The van der Waals surface area contributed by atoms with Crippen LogP contribution in [0.3, 0.4) is 0 Å². The van der Waals surface area contributed by atoms with E-state index in [4.69, 9.17) is 4.74 Å². The molecule has 16 heavy (non-hydrogen) atoms. The molecule has 0 radical (unpaired) electrons. The van der Waals surface area contributed by atoms with Crippen LogP contribution in [0.5, 0.6) is 0 Å². The van der Waals surface area contributed by atoms with E-state index in [2.05, 4.69) is 35.2 Å². The number of hydrogen-bond donors (Lipinski definition) is 0. The quantitative estimate of drug-likeness (QED) is 0.769. The maximum atomic E-state index is 5.37. The van der Waals surface area contributed by atoms with Gasteiger partial charge in [-0.25, -0.2) is 0 Å². The van der Waals surface area contributed by atoms with Gasteiger partial charge in [-0.15, -0.1) is 0 Å². The van der Waals surface area contributed by atoms with Gasteiger partial charge in [0.15, 0.2) is 0 Å². The van der Waals surface area contributed by atoms with Gasteiger partial charge in [-0.2, -0.15) is 0 Å². The lowest BCUT2D eigenvalue weighted by molar-refractivity contribution is 0.0355. The summed E-state index contributed by atoms with van der Waals surface area (Å²) in [5.74, 6) is 1.71. The minimum Gasteiger partial charge on any atom is -0.379 e. The van der Waals surface area contributed by atoms with E-state index in [0.29, 0.717) is 0 Å². The van der Waals surface area contributed by atoms with Gasteiger partial charge in [0.2, 0.25) is 0 Å². The average Bonchev–Trinajstić information content (AvgIpc) is 3.11. The third kappa shape index (κ3) is 2.28. The Labute approximate surface area is 97.2 Å². The Morgan fingerprint density at radius 1 is 1.12 bits per heavy atom. The van der Waals surface area contributed by atoms with Crippen molar-refractivity contribution in [3.8, 4) is 0 Å². The molecule has 0 bridgehead atoms. The van der Waals surface area contributed by atoms with Crippen molar-refractivity contribution in [2.75, 3.05) is 32.8 Å². The lowest BCUT2D eigenvalue weighted by Crippen LogP contribution is -2.37. The summed E-state index contributed by atoms with van der Waals surface area (Å²) < 4.78 is 5.37. The van der Waals surface area contributed by atoms with Crippen LogP contribution < -0.4 is 0 Å². The Bertz CT molecular complexity index is 332. The van der Waals surface area contributed by atoms with E-state index in [9.17, 15) is 0 Å². The Balaban J connectivity index is 1.52. The molecule has 1 heterocycles. The molecule has 1 aliphatic carbocycles. The maximum absolute atomic E-state index is 5.37. The smallest absolute Gasteiger partial charge is 0.0594 e. The first-order valence-corrected chi connectivity index (χ1v) is 6.28. The van der Waals surface area contributed by atoms with Gasteiger partial charge in [0.1, 0.15) is 0 Å². The molecule has 0 amide bonds. The molecule has 2 atom stereocenters. The summed E-state index contributed by atoms with van der Waals surface area (Å²) in [4.78, 5) is 2.55. The molecule has 2 nitrogen and oxygen atoms in total. The molecule has 0 aromatic heterocycles. The number of hydrogen-bond acceptors (Lipinski definition) is 2. The maximum Gasteiger partial charge on any atom is 0.0594 e. The summed E-state index contributed by atoms with van der Waals surface area (Å²) in [6.45, 7) is 5.35. The van der Waals surface area contributed by atoms with Crippen LogP contribution in [0.25, 0.3) is 0 Å². The van der Waals surface area contributed by atoms with Crippen LogP contribution in [0.2, 0.25) is 0 Å². The van der Waals surface area contributed by atoms with Gasteiger partial charge in [0.05, 0.1) is 13.2 Å². The second-order valence-corrected chi connectivity index (χ2v) is 4.93. The molecule has 3 rings (SSSR count). The predicted molar refractivity (Wildman–Crippen MR) is 64.5 cm³/mol. The third-order valence-electron chi connectivity index (χ3n) is 3.75. The highest BCUT2D eigenvalue weighted by Crippen LogP contribution is 2.47. The summed E-state index contributed by atoms with van der Waals surface area (Å²) in [7, 11) is 0. The van der Waals surface area contributed by atoms with Crippen molar-refractivity contribution in [2.24, 2.45) is 5.92 Å². The van der Waals surface area contributed by atoms with Gasteiger partial charge in [-0.3, -0.25) is 4.90 Å². The van der Waals surface area contributed by atoms with Gasteiger partial charge in [-0.1, -0.05) is 30.3 Å². The highest BCUT2D eigenvalue weighted by atomic mass is 16.5. The zero-order valence-corrected chi connectivity index (χ0v) is 9.64. The average molecular weight is 217 g/mol. The zero-order valence-electron chi connectivity index (χ0n) is 9.64. The van der Waals surface area contributed by atoms with Crippen molar-refractivity contribution >= 4 is 0 Å². The largest absolute Gasteiger partial charge is 0.379 e. The Morgan fingerprint density at radius 2 is 1.88 bits per heavy atom.